The first-order chi connectivity index (χ1) is 19.5. The molecular weight excluding hydrogens is 506 g/mol. The lowest BCUT2D eigenvalue weighted by Crippen LogP contribution is -2.60. The van der Waals surface area contributed by atoms with Gasteiger partial charge in [-0.1, -0.05) is 66.7 Å². The minimum absolute atomic E-state index is 0.178. The zero-order valence-corrected chi connectivity index (χ0v) is 22.1. The summed E-state index contributed by atoms with van der Waals surface area (Å²) in [5.74, 6) is -0.240. The van der Waals surface area contributed by atoms with Crippen LogP contribution in [-0.2, 0) is 16.1 Å². The lowest BCUT2D eigenvalue weighted by Gasteiger charge is -2.42. The highest BCUT2D eigenvalue weighted by Gasteiger charge is 2.36. The fourth-order valence-electron chi connectivity index (χ4n) is 5.14. The van der Waals surface area contributed by atoms with E-state index < -0.39 is 6.09 Å². The van der Waals surface area contributed by atoms with E-state index in [0.29, 0.717) is 37.6 Å². The molecule has 2 aliphatic rings. The highest BCUT2D eigenvalue weighted by Crippen LogP contribution is 2.26. The van der Waals surface area contributed by atoms with Gasteiger partial charge >= 0.3 is 6.09 Å². The Balaban J connectivity index is 1.47. The van der Waals surface area contributed by atoms with Gasteiger partial charge in [0.25, 0.3) is 0 Å². The molecule has 40 heavy (non-hydrogen) atoms. The van der Waals surface area contributed by atoms with Crippen LogP contribution in [0.2, 0.25) is 0 Å². The van der Waals surface area contributed by atoms with E-state index in [1.807, 2.05) is 72.8 Å². The lowest BCUT2D eigenvalue weighted by molar-refractivity contribution is -0.140. The van der Waals surface area contributed by atoms with E-state index in [9.17, 15) is 20.0 Å². The molecule has 0 aromatic heterocycles. The molecular formula is C31H31N5O4. The maximum absolute atomic E-state index is 13.2. The number of hydrogen-bond acceptors (Lipinski definition) is 6. The summed E-state index contributed by atoms with van der Waals surface area (Å²) in [4.78, 5) is 35.1. The lowest BCUT2D eigenvalue weighted by atomic mass is 10.0. The molecule has 1 N–H and O–H groups in total. The number of nitrogens with zero attached hydrogens (tertiary/aromatic N) is 5. The van der Waals surface area contributed by atoms with Crippen molar-refractivity contribution in [2.75, 3.05) is 45.9 Å². The fourth-order valence-corrected chi connectivity index (χ4v) is 5.14. The van der Waals surface area contributed by atoms with Crippen molar-refractivity contribution < 1.29 is 19.4 Å². The Morgan fingerprint density at radius 3 is 2.25 bits per heavy atom. The highest BCUT2D eigenvalue weighted by atomic mass is 16.5. The zero-order chi connectivity index (χ0) is 27.9. The molecule has 2 aliphatic heterocycles. The summed E-state index contributed by atoms with van der Waals surface area (Å²) in [6, 6.07) is 27.0. The summed E-state index contributed by atoms with van der Waals surface area (Å²) in [6.45, 7) is 3.63. The molecule has 0 saturated carbocycles. The van der Waals surface area contributed by atoms with Gasteiger partial charge in [-0.15, -0.1) is 0 Å². The third-order valence-electron chi connectivity index (χ3n) is 7.22. The molecule has 3 aromatic carbocycles. The first-order valence-electron chi connectivity index (χ1n) is 13.3. The van der Waals surface area contributed by atoms with Crippen LogP contribution in [0.3, 0.4) is 0 Å². The zero-order valence-electron chi connectivity index (χ0n) is 22.1. The van der Waals surface area contributed by atoms with Crippen LogP contribution >= 0.6 is 0 Å². The van der Waals surface area contributed by atoms with E-state index in [2.05, 4.69) is 11.0 Å². The number of amides is 2. The maximum Gasteiger partial charge on any atom is 0.407 e. The van der Waals surface area contributed by atoms with E-state index in [1.165, 1.54) is 4.90 Å². The van der Waals surface area contributed by atoms with Crippen LogP contribution in [0.15, 0.2) is 83.9 Å². The number of piperazine rings is 1. The minimum atomic E-state index is -1.09. The second-order valence-electron chi connectivity index (χ2n) is 9.91. The van der Waals surface area contributed by atoms with E-state index >= 15 is 0 Å². The smallest absolute Gasteiger partial charge is 0.407 e. The van der Waals surface area contributed by atoms with Crippen molar-refractivity contribution in [1.82, 2.24) is 14.7 Å². The molecule has 5 rings (SSSR count). The normalized spacial score (nSPS) is 17.8. The summed E-state index contributed by atoms with van der Waals surface area (Å²) in [5.41, 5.74) is 4.36. The number of nitriles is 1. The minimum Gasteiger partial charge on any atom is -0.465 e. The second kappa shape index (κ2) is 12.6. The Morgan fingerprint density at radius 2 is 1.65 bits per heavy atom. The van der Waals surface area contributed by atoms with Crippen LogP contribution in [0.1, 0.15) is 22.3 Å². The van der Waals surface area contributed by atoms with Gasteiger partial charge in [-0.25, -0.2) is 9.79 Å². The molecule has 2 fully saturated rings. The molecule has 2 amide bonds. The Kier molecular flexibility index (Phi) is 8.50. The standard InChI is InChI=1S/C31H31N5O4/c32-18-26-12-11-23(17-28(26)33-30(24-7-3-1-4-8-24)25-9-5-2-6-10-25)19-36-27(20-34-13-15-40-16-14-34)21-35(31(38)39)22-29(36)37/h1-12,17,27H,13-16,19-22H2,(H,38,39)/t27-/m0/s1. The number of ether oxygens (including phenoxy) is 1. The van der Waals surface area contributed by atoms with E-state index in [0.717, 1.165) is 35.5 Å². The van der Waals surface area contributed by atoms with Crippen LogP contribution < -0.4 is 0 Å². The quantitative estimate of drug-likeness (QED) is 0.460. The Morgan fingerprint density at radius 1 is 1.00 bits per heavy atom. The van der Waals surface area contributed by atoms with Crippen LogP contribution in [0.4, 0.5) is 10.5 Å². The summed E-state index contributed by atoms with van der Waals surface area (Å²) in [5, 5.41) is 19.5. The van der Waals surface area contributed by atoms with E-state index in [1.54, 1.807) is 11.0 Å². The van der Waals surface area contributed by atoms with Crippen molar-refractivity contribution in [2.45, 2.75) is 12.6 Å². The Hall–Kier alpha value is -4.52. The third-order valence-corrected chi connectivity index (χ3v) is 7.22. The van der Waals surface area contributed by atoms with Gasteiger partial charge < -0.3 is 14.7 Å². The second-order valence-corrected chi connectivity index (χ2v) is 9.91. The summed E-state index contributed by atoms with van der Waals surface area (Å²) >= 11 is 0. The molecule has 0 unspecified atom stereocenters. The van der Waals surface area contributed by atoms with E-state index in [-0.39, 0.29) is 25.0 Å². The summed E-state index contributed by atoms with van der Waals surface area (Å²) in [6.07, 6.45) is -1.09. The van der Waals surface area contributed by atoms with Gasteiger partial charge in [0.2, 0.25) is 5.91 Å². The van der Waals surface area contributed by atoms with Crippen LogP contribution in [0.5, 0.6) is 0 Å². The fraction of sp³-hybridized carbons (Fsp3) is 0.290. The number of rotatable bonds is 7. The molecule has 2 heterocycles. The van der Waals surface area contributed by atoms with Crippen molar-refractivity contribution in [3.8, 4) is 6.07 Å². The van der Waals surface area contributed by atoms with Gasteiger partial charge in [0.1, 0.15) is 12.6 Å². The average molecular weight is 538 g/mol. The molecule has 1 atom stereocenters. The first kappa shape index (κ1) is 27.1. The molecule has 0 radical (unpaired) electrons. The predicted octanol–water partition coefficient (Wildman–Crippen LogP) is 3.75. The number of aliphatic imine (C=N–C) groups is 1. The van der Waals surface area contributed by atoms with Crippen molar-refractivity contribution in [2.24, 2.45) is 4.99 Å². The first-order valence-corrected chi connectivity index (χ1v) is 13.3. The number of morpholine rings is 1. The SMILES string of the molecule is N#Cc1ccc(CN2C(=O)CN(C(=O)O)C[C@@H]2CN2CCOCC2)cc1N=C(c1ccccc1)c1ccccc1. The van der Waals surface area contributed by atoms with Gasteiger partial charge in [0.15, 0.2) is 0 Å². The van der Waals surface area contributed by atoms with Crippen LogP contribution in [0, 0.1) is 11.3 Å². The van der Waals surface area contributed by atoms with Crippen LogP contribution in [0.25, 0.3) is 0 Å². The van der Waals surface area contributed by atoms with Gasteiger partial charge in [-0.2, -0.15) is 5.26 Å². The van der Waals surface area contributed by atoms with Crippen molar-refractivity contribution in [3.63, 3.8) is 0 Å². The van der Waals surface area contributed by atoms with Crippen molar-refractivity contribution >= 4 is 23.4 Å². The van der Waals surface area contributed by atoms with Gasteiger partial charge in [-0.3, -0.25) is 14.6 Å². The Bertz CT molecular complexity index is 1370. The predicted molar refractivity (Wildman–Crippen MR) is 151 cm³/mol. The highest BCUT2D eigenvalue weighted by molar-refractivity contribution is 6.14. The molecule has 0 spiro atoms. The number of benzene rings is 3. The molecule has 0 aliphatic carbocycles. The third kappa shape index (κ3) is 6.37. The Labute approximate surface area is 233 Å². The number of carboxylic acid groups (broad SMARTS) is 1. The largest absolute Gasteiger partial charge is 0.465 e. The molecule has 9 nitrogen and oxygen atoms in total. The molecule has 204 valence electrons. The van der Waals surface area contributed by atoms with Crippen molar-refractivity contribution in [3.05, 3.63) is 101 Å². The monoisotopic (exact) mass is 537 g/mol. The van der Waals surface area contributed by atoms with Crippen LogP contribution in [-0.4, -0.2) is 89.5 Å². The average Bonchev–Trinajstić information content (AvgIpc) is 2.99. The summed E-state index contributed by atoms with van der Waals surface area (Å²) in [7, 11) is 0. The number of hydrogen-bond donors (Lipinski definition) is 1. The van der Waals surface area contributed by atoms with Gasteiger partial charge in [-0.05, 0) is 17.7 Å². The number of carbonyl (C=O) groups excluding carboxylic acids is 1. The topological polar surface area (TPSA) is 109 Å². The molecule has 3 aromatic rings. The van der Waals surface area contributed by atoms with Gasteiger partial charge in [0.05, 0.1) is 36.2 Å². The summed E-state index contributed by atoms with van der Waals surface area (Å²) < 4.78 is 5.46. The maximum atomic E-state index is 13.2. The van der Waals surface area contributed by atoms with Gasteiger partial charge in [0, 0.05) is 43.9 Å². The molecule has 9 heteroatoms. The molecule has 0 bridgehead atoms. The molecule has 2 saturated heterocycles. The number of carbonyl (C=O) groups is 2. The van der Waals surface area contributed by atoms with E-state index in [4.69, 9.17) is 9.73 Å². The van der Waals surface area contributed by atoms with Crippen molar-refractivity contribution in [1.29, 1.82) is 5.26 Å².